The highest BCUT2D eigenvalue weighted by Gasteiger charge is 2.22. The van der Waals surface area contributed by atoms with Crippen LogP contribution < -0.4 is 5.32 Å². The van der Waals surface area contributed by atoms with Crippen LogP contribution in [0.15, 0.2) is 42.5 Å². The molecule has 0 saturated heterocycles. The van der Waals surface area contributed by atoms with E-state index < -0.39 is 0 Å². The normalized spacial score (nSPS) is 17.0. The van der Waals surface area contributed by atoms with E-state index in [2.05, 4.69) is 11.4 Å². The third-order valence-corrected chi connectivity index (χ3v) is 3.90. The molecule has 21 heavy (non-hydrogen) atoms. The molecule has 1 amide bonds. The number of nitrogens with one attached hydrogen (secondary N) is 1. The number of phenols is 2. The number of phenolic OH excluding ortho intramolecular Hbond substituents is 2. The van der Waals surface area contributed by atoms with Crippen molar-refractivity contribution in [2.75, 3.05) is 0 Å². The Bertz CT molecular complexity index is 681. The highest BCUT2D eigenvalue weighted by atomic mass is 16.3. The maximum absolute atomic E-state index is 12.3. The Hall–Kier alpha value is -2.49. The fourth-order valence-corrected chi connectivity index (χ4v) is 2.85. The molecule has 2 aromatic carbocycles. The number of benzene rings is 2. The minimum atomic E-state index is -0.325. The van der Waals surface area contributed by atoms with Gasteiger partial charge in [0.05, 0.1) is 11.6 Å². The van der Waals surface area contributed by atoms with Gasteiger partial charge in [-0.05, 0) is 42.5 Å². The summed E-state index contributed by atoms with van der Waals surface area (Å²) in [6.07, 6.45) is 2.96. The van der Waals surface area contributed by atoms with Gasteiger partial charge in [0.1, 0.15) is 11.5 Å². The number of carbonyl (C=O) groups excluding carboxylic acids is 1. The number of hydrogen-bond acceptors (Lipinski definition) is 3. The van der Waals surface area contributed by atoms with Crippen molar-refractivity contribution in [1.29, 1.82) is 0 Å². The van der Waals surface area contributed by atoms with Gasteiger partial charge < -0.3 is 15.5 Å². The van der Waals surface area contributed by atoms with Crippen LogP contribution in [-0.4, -0.2) is 16.1 Å². The minimum Gasteiger partial charge on any atom is -0.508 e. The Morgan fingerprint density at radius 2 is 1.95 bits per heavy atom. The minimum absolute atomic E-state index is 0.0318. The Balaban J connectivity index is 1.83. The largest absolute Gasteiger partial charge is 0.508 e. The summed E-state index contributed by atoms with van der Waals surface area (Å²) in [6, 6.07) is 12.1. The first-order chi connectivity index (χ1) is 10.1. The molecule has 4 nitrogen and oxygen atoms in total. The van der Waals surface area contributed by atoms with E-state index in [0.29, 0.717) is 0 Å². The predicted molar refractivity (Wildman–Crippen MR) is 79.4 cm³/mol. The van der Waals surface area contributed by atoms with Crippen molar-refractivity contribution in [3.63, 3.8) is 0 Å². The average molecular weight is 283 g/mol. The van der Waals surface area contributed by atoms with E-state index in [1.807, 2.05) is 18.2 Å². The number of hydrogen-bond donors (Lipinski definition) is 3. The van der Waals surface area contributed by atoms with Crippen LogP contribution in [0.4, 0.5) is 0 Å². The van der Waals surface area contributed by atoms with Crippen LogP contribution >= 0.6 is 0 Å². The van der Waals surface area contributed by atoms with Crippen molar-refractivity contribution < 1.29 is 15.0 Å². The van der Waals surface area contributed by atoms with Gasteiger partial charge in [0.2, 0.25) is 0 Å². The SMILES string of the molecule is O=C(N[C@@H]1CCCc2ccccc21)c1ccc(O)cc1O. The van der Waals surface area contributed by atoms with Gasteiger partial charge in [-0.3, -0.25) is 4.79 Å². The number of fused-ring (bicyclic) bond motifs is 1. The van der Waals surface area contributed by atoms with Crippen molar-refractivity contribution in [2.45, 2.75) is 25.3 Å². The van der Waals surface area contributed by atoms with Gasteiger partial charge in [-0.2, -0.15) is 0 Å². The van der Waals surface area contributed by atoms with E-state index in [1.54, 1.807) is 0 Å². The first-order valence-corrected chi connectivity index (χ1v) is 7.06. The van der Waals surface area contributed by atoms with Crippen LogP contribution in [0.25, 0.3) is 0 Å². The molecule has 0 unspecified atom stereocenters. The lowest BCUT2D eigenvalue weighted by atomic mass is 9.87. The molecule has 108 valence electrons. The van der Waals surface area contributed by atoms with E-state index in [-0.39, 0.29) is 29.0 Å². The van der Waals surface area contributed by atoms with Crippen LogP contribution in [0, 0.1) is 0 Å². The molecule has 0 bridgehead atoms. The van der Waals surface area contributed by atoms with Gasteiger partial charge in [0, 0.05) is 6.07 Å². The maximum atomic E-state index is 12.3. The third-order valence-electron chi connectivity index (χ3n) is 3.90. The lowest BCUT2D eigenvalue weighted by Crippen LogP contribution is -2.31. The molecular weight excluding hydrogens is 266 g/mol. The van der Waals surface area contributed by atoms with Crippen molar-refractivity contribution in [1.82, 2.24) is 5.32 Å². The van der Waals surface area contributed by atoms with Crippen molar-refractivity contribution in [2.24, 2.45) is 0 Å². The molecule has 1 atom stereocenters. The quantitative estimate of drug-likeness (QED) is 0.793. The van der Waals surface area contributed by atoms with Gasteiger partial charge in [0.25, 0.3) is 5.91 Å². The standard InChI is InChI=1S/C17H17NO3/c19-12-8-9-14(16(20)10-12)17(21)18-15-7-3-5-11-4-1-2-6-13(11)15/h1-2,4,6,8-10,15,19-20H,3,5,7H2,(H,18,21)/t15-/m1/s1. The lowest BCUT2D eigenvalue weighted by molar-refractivity contribution is 0.0930. The number of aromatic hydroxyl groups is 2. The molecule has 4 heteroatoms. The highest BCUT2D eigenvalue weighted by Crippen LogP contribution is 2.30. The number of rotatable bonds is 2. The first-order valence-electron chi connectivity index (χ1n) is 7.06. The molecule has 0 saturated carbocycles. The summed E-state index contributed by atoms with van der Waals surface area (Å²) in [7, 11) is 0. The second kappa shape index (κ2) is 5.48. The van der Waals surface area contributed by atoms with Crippen molar-refractivity contribution >= 4 is 5.91 Å². The molecule has 0 fully saturated rings. The van der Waals surface area contributed by atoms with Crippen molar-refractivity contribution in [3.8, 4) is 11.5 Å². The van der Waals surface area contributed by atoms with Gasteiger partial charge in [-0.25, -0.2) is 0 Å². The summed E-state index contributed by atoms with van der Waals surface area (Å²) in [6.45, 7) is 0. The van der Waals surface area contributed by atoms with Crippen LogP contribution in [0.5, 0.6) is 11.5 Å². The molecule has 1 aliphatic rings. The molecule has 0 spiro atoms. The number of aryl methyl sites for hydroxylation is 1. The van der Waals surface area contributed by atoms with Gasteiger partial charge in [-0.15, -0.1) is 0 Å². The van der Waals surface area contributed by atoms with Gasteiger partial charge in [0.15, 0.2) is 0 Å². The summed E-state index contributed by atoms with van der Waals surface area (Å²) in [5.41, 5.74) is 2.59. The lowest BCUT2D eigenvalue weighted by Gasteiger charge is -2.26. The Morgan fingerprint density at radius 1 is 1.14 bits per heavy atom. The van der Waals surface area contributed by atoms with E-state index >= 15 is 0 Å². The maximum Gasteiger partial charge on any atom is 0.255 e. The monoisotopic (exact) mass is 283 g/mol. The molecule has 3 N–H and O–H groups in total. The zero-order valence-corrected chi connectivity index (χ0v) is 11.5. The summed E-state index contributed by atoms with van der Waals surface area (Å²) in [5.74, 6) is -0.599. The van der Waals surface area contributed by atoms with Gasteiger partial charge in [-0.1, -0.05) is 24.3 Å². The van der Waals surface area contributed by atoms with Crippen molar-refractivity contribution in [3.05, 3.63) is 59.2 Å². The molecule has 0 heterocycles. The number of amides is 1. The summed E-state index contributed by atoms with van der Waals surface area (Å²) in [4.78, 5) is 12.3. The molecule has 1 aliphatic carbocycles. The van der Waals surface area contributed by atoms with E-state index in [9.17, 15) is 15.0 Å². The highest BCUT2D eigenvalue weighted by molar-refractivity contribution is 5.97. The zero-order valence-electron chi connectivity index (χ0n) is 11.5. The predicted octanol–water partition coefficient (Wildman–Crippen LogP) is 2.91. The smallest absolute Gasteiger partial charge is 0.255 e. The van der Waals surface area contributed by atoms with Crippen LogP contribution in [0.3, 0.4) is 0 Å². The Kier molecular flexibility index (Phi) is 3.52. The molecular formula is C17H17NO3. The molecule has 0 aliphatic heterocycles. The Labute approximate surface area is 123 Å². The van der Waals surface area contributed by atoms with E-state index in [1.165, 1.54) is 23.8 Å². The molecule has 0 aromatic heterocycles. The van der Waals surface area contributed by atoms with Crippen LogP contribution in [-0.2, 0) is 6.42 Å². The molecule has 0 radical (unpaired) electrons. The Morgan fingerprint density at radius 3 is 2.76 bits per heavy atom. The van der Waals surface area contributed by atoms with E-state index in [4.69, 9.17) is 0 Å². The summed E-state index contributed by atoms with van der Waals surface area (Å²) in [5, 5.41) is 22.0. The molecule has 2 aromatic rings. The van der Waals surface area contributed by atoms with Gasteiger partial charge >= 0.3 is 0 Å². The summed E-state index contributed by atoms with van der Waals surface area (Å²) < 4.78 is 0. The van der Waals surface area contributed by atoms with Crippen LogP contribution in [0.2, 0.25) is 0 Å². The zero-order chi connectivity index (χ0) is 14.8. The fraction of sp³-hybridized carbons (Fsp3) is 0.235. The first kappa shape index (κ1) is 13.5. The second-order valence-corrected chi connectivity index (χ2v) is 5.32. The fourth-order valence-electron chi connectivity index (χ4n) is 2.85. The topological polar surface area (TPSA) is 69.6 Å². The molecule has 3 rings (SSSR count). The third kappa shape index (κ3) is 2.70. The van der Waals surface area contributed by atoms with E-state index in [0.717, 1.165) is 24.8 Å². The number of carbonyl (C=O) groups is 1. The average Bonchev–Trinajstić information content (AvgIpc) is 2.47. The summed E-state index contributed by atoms with van der Waals surface area (Å²) >= 11 is 0. The van der Waals surface area contributed by atoms with Crippen LogP contribution in [0.1, 0.15) is 40.4 Å². The second-order valence-electron chi connectivity index (χ2n) is 5.32.